The summed E-state index contributed by atoms with van der Waals surface area (Å²) < 4.78 is 12.8. The molecule has 0 atom stereocenters. The molecule has 2 N–H and O–H groups in total. The Morgan fingerprint density at radius 3 is 2.88 bits per heavy atom. The molecule has 16 heavy (non-hydrogen) atoms. The third kappa shape index (κ3) is 2.70. The molecule has 1 aromatic carbocycles. The molecule has 1 aromatic rings. The number of hydrogen-bond donors (Lipinski definition) is 1. The fourth-order valence-corrected chi connectivity index (χ4v) is 1.25. The van der Waals surface area contributed by atoms with E-state index in [1.807, 2.05) is 6.07 Å². The number of nitriles is 1. The average Bonchev–Trinajstić information content (AvgIpc) is 2.25. The van der Waals surface area contributed by atoms with Crippen molar-refractivity contribution in [3.63, 3.8) is 0 Å². The van der Waals surface area contributed by atoms with E-state index in [2.05, 4.69) is 0 Å². The fraction of sp³-hybridized carbons (Fsp3) is 0.273. The largest absolute Gasteiger partial charge is 0.398 e. The van der Waals surface area contributed by atoms with Crippen LogP contribution in [0.25, 0.3) is 0 Å². The number of anilines is 1. The van der Waals surface area contributed by atoms with Crippen LogP contribution in [0.2, 0.25) is 0 Å². The number of amides is 1. The van der Waals surface area contributed by atoms with Crippen molar-refractivity contribution in [2.75, 3.05) is 19.3 Å². The topological polar surface area (TPSA) is 70.1 Å². The first-order chi connectivity index (χ1) is 7.56. The number of carbonyl (C=O) groups excluding carboxylic acids is 1. The number of hydrogen-bond acceptors (Lipinski definition) is 3. The number of rotatable bonds is 3. The van der Waals surface area contributed by atoms with Crippen LogP contribution in [-0.4, -0.2) is 24.4 Å². The summed E-state index contributed by atoms with van der Waals surface area (Å²) in [5, 5.41) is 8.40. The van der Waals surface area contributed by atoms with Crippen LogP contribution in [0.1, 0.15) is 16.8 Å². The molecule has 0 heterocycles. The number of nitrogens with zero attached hydrogens (tertiary/aromatic N) is 2. The zero-order valence-corrected chi connectivity index (χ0v) is 8.90. The molecule has 0 spiro atoms. The van der Waals surface area contributed by atoms with Gasteiger partial charge in [0.15, 0.2) is 0 Å². The summed E-state index contributed by atoms with van der Waals surface area (Å²) in [6, 6.07) is 5.57. The van der Waals surface area contributed by atoms with E-state index < -0.39 is 5.82 Å². The Morgan fingerprint density at radius 1 is 1.62 bits per heavy atom. The standard InChI is InChI=1S/C11H12FN3O/c1-15(6-2-5-13)11(16)9-4-3-8(12)7-10(9)14/h3-4,7H,2,6,14H2,1H3. The predicted molar refractivity (Wildman–Crippen MR) is 58.0 cm³/mol. The van der Waals surface area contributed by atoms with Crippen molar-refractivity contribution in [3.8, 4) is 6.07 Å². The Kier molecular flexibility index (Phi) is 3.84. The Bertz CT molecular complexity index is 439. The van der Waals surface area contributed by atoms with Crippen LogP contribution in [-0.2, 0) is 0 Å². The summed E-state index contributed by atoms with van der Waals surface area (Å²) in [5.74, 6) is -0.790. The maximum absolute atomic E-state index is 12.8. The lowest BCUT2D eigenvalue weighted by atomic mass is 10.1. The van der Waals surface area contributed by atoms with E-state index in [-0.39, 0.29) is 23.6 Å². The second-order valence-corrected chi connectivity index (χ2v) is 3.37. The van der Waals surface area contributed by atoms with Gasteiger partial charge in [-0.1, -0.05) is 0 Å². The van der Waals surface area contributed by atoms with Crippen molar-refractivity contribution in [3.05, 3.63) is 29.6 Å². The first-order valence-corrected chi connectivity index (χ1v) is 4.73. The monoisotopic (exact) mass is 221 g/mol. The van der Waals surface area contributed by atoms with Gasteiger partial charge in [0, 0.05) is 19.3 Å². The van der Waals surface area contributed by atoms with Crippen molar-refractivity contribution in [2.24, 2.45) is 0 Å². The highest BCUT2D eigenvalue weighted by atomic mass is 19.1. The third-order valence-electron chi connectivity index (χ3n) is 2.15. The first-order valence-electron chi connectivity index (χ1n) is 4.73. The van der Waals surface area contributed by atoms with Crippen LogP contribution in [0.4, 0.5) is 10.1 Å². The lowest BCUT2D eigenvalue weighted by molar-refractivity contribution is 0.0799. The lowest BCUT2D eigenvalue weighted by Crippen LogP contribution is -2.28. The molecule has 84 valence electrons. The summed E-state index contributed by atoms with van der Waals surface area (Å²) >= 11 is 0. The van der Waals surface area contributed by atoms with E-state index in [0.29, 0.717) is 6.54 Å². The van der Waals surface area contributed by atoms with Gasteiger partial charge in [-0.15, -0.1) is 0 Å². The minimum absolute atomic E-state index is 0.105. The van der Waals surface area contributed by atoms with Crippen molar-refractivity contribution < 1.29 is 9.18 Å². The van der Waals surface area contributed by atoms with Gasteiger partial charge in [-0.2, -0.15) is 5.26 Å². The smallest absolute Gasteiger partial charge is 0.255 e. The highest BCUT2D eigenvalue weighted by Gasteiger charge is 2.14. The van der Waals surface area contributed by atoms with Gasteiger partial charge in [0.1, 0.15) is 5.82 Å². The molecular formula is C11H12FN3O. The Morgan fingerprint density at radius 2 is 2.31 bits per heavy atom. The predicted octanol–water partition coefficient (Wildman–Crippen LogP) is 1.39. The highest BCUT2D eigenvalue weighted by Crippen LogP contribution is 2.15. The summed E-state index contributed by atoms with van der Waals surface area (Å²) in [7, 11) is 1.57. The summed E-state index contributed by atoms with van der Waals surface area (Å²) in [6.07, 6.45) is 0.253. The molecule has 0 aromatic heterocycles. The van der Waals surface area contributed by atoms with Gasteiger partial charge in [0.25, 0.3) is 5.91 Å². The molecular weight excluding hydrogens is 209 g/mol. The van der Waals surface area contributed by atoms with E-state index in [1.54, 1.807) is 7.05 Å². The second-order valence-electron chi connectivity index (χ2n) is 3.37. The van der Waals surface area contributed by atoms with Gasteiger partial charge in [-0.3, -0.25) is 4.79 Å². The van der Waals surface area contributed by atoms with Crippen LogP contribution in [0.5, 0.6) is 0 Å². The Balaban J connectivity index is 2.84. The van der Waals surface area contributed by atoms with Gasteiger partial charge in [0.2, 0.25) is 0 Å². The molecule has 0 fully saturated rings. The molecule has 0 aliphatic heterocycles. The molecule has 0 bridgehead atoms. The normalized spacial score (nSPS) is 9.56. The van der Waals surface area contributed by atoms with Crippen molar-refractivity contribution in [2.45, 2.75) is 6.42 Å². The van der Waals surface area contributed by atoms with Gasteiger partial charge in [-0.05, 0) is 18.2 Å². The maximum Gasteiger partial charge on any atom is 0.255 e. The van der Waals surface area contributed by atoms with Gasteiger partial charge in [0.05, 0.1) is 18.1 Å². The molecule has 0 radical (unpaired) electrons. The molecule has 1 amide bonds. The fourth-order valence-electron chi connectivity index (χ4n) is 1.25. The molecule has 5 heteroatoms. The zero-order valence-electron chi connectivity index (χ0n) is 8.90. The minimum Gasteiger partial charge on any atom is -0.398 e. The van der Waals surface area contributed by atoms with E-state index >= 15 is 0 Å². The second kappa shape index (κ2) is 5.12. The Labute approximate surface area is 93.1 Å². The van der Waals surface area contributed by atoms with Crippen molar-refractivity contribution in [1.82, 2.24) is 4.90 Å². The number of halogens is 1. The lowest BCUT2D eigenvalue weighted by Gasteiger charge is -2.16. The van der Waals surface area contributed by atoms with Crippen molar-refractivity contribution in [1.29, 1.82) is 5.26 Å². The van der Waals surface area contributed by atoms with Crippen LogP contribution >= 0.6 is 0 Å². The summed E-state index contributed by atoms with van der Waals surface area (Å²) in [4.78, 5) is 13.2. The van der Waals surface area contributed by atoms with Gasteiger partial charge >= 0.3 is 0 Å². The van der Waals surface area contributed by atoms with E-state index in [4.69, 9.17) is 11.0 Å². The van der Waals surface area contributed by atoms with Crippen molar-refractivity contribution >= 4 is 11.6 Å². The number of nitrogen functional groups attached to an aromatic ring is 1. The SMILES string of the molecule is CN(CCC#N)C(=O)c1ccc(F)cc1N. The van der Waals surface area contributed by atoms with Gasteiger partial charge < -0.3 is 10.6 Å². The van der Waals surface area contributed by atoms with E-state index in [0.717, 1.165) is 6.07 Å². The average molecular weight is 221 g/mol. The maximum atomic E-state index is 12.8. The first kappa shape index (κ1) is 12.0. The summed E-state index contributed by atoms with van der Waals surface area (Å²) in [5.41, 5.74) is 5.89. The zero-order chi connectivity index (χ0) is 12.1. The molecule has 0 aliphatic carbocycles. The number of nitrogens with two attached hydrogens (primary N) is 1. The Hall–Kier alpha value is -2.09. The molecule has 0 unspecified atom stereocenters. The molecule has 0 saturated carbocycles. The van der Waals surface area contributed by atoms with Crippen LogP contribution in [0, 0.1) is 17.1 Å². The van der Waals surface area contributed by atoms with E-state index in [9.17, 15) is 9.18 Å². The number of benzene rings is 1. The van der Waals surface area contributed by atoms with Crippen LogP contribution in [0.3, 0.4) is 0 Å². The minimum atomic E-state index is -0.478. The molecule has 0 saturated heterocycles. The van der Waals surface area contributed by atoms with Gasteiger partial charge in [-0.25, -0.2) is 4.39 Å². The molecule has 4 nitrogen and oxygen atoms in total. The molecule has 1 rings (SSSR count). The quantitative estimate of drug-likeness (QED) is 0.784. The van der Waals surface area contributed by atoms with Crippen LogP contribution < -0.4 is 5.73 Å². The summed E-state index contributed by atoms with van der Waals surface area (Å²) in [6.45, 7) is 0.326. The number of carbonyl (C=O) groups is 1. The molecule has 0 aliphatic rings. The van der Waals surface area contributed by atoms with Crippen LogP contribution in [0.15, 0.2) is 18.2 Å². The third-order valence-corrected chi connectivity index (χ3v) is 2.15. The van der Waals surface area contributed by atoms with E-state index in [1.165, 1.54) is 17.0 Å². The highest BCUT2D eigenvalue weighted by molar-refractivity contribution is 5.98.